The molecule has 0 saturated carbocycles. The first-order valence-corrected chi connectivity index (χ1v) is 10.1. The van der Waals surface area contributed by atoms with Gasteiger partial charge < -0.3 is 10.6 Å². The third kappa shape index (κ3) is 5.21. The number of halogens is 1. The Balaban J connectivity index is 1.83. The number of rotatable bonds is 5. The fraction of sp³-hybridized carbons (Fsp3) is 0.0952. The quantitative estimate of drug-likeness (QED) is 0.531. The molecule has 2 N–H and O–H groups in total. The number of pyridine rings is 1. The summed E-state index contributed by atoms with van der Waals surface area (Å²) < 4.78 is 0.900. The molecule has 0 aliphatic heterocycles. The molecule has 2 amide bonds. The lowest BCUT2D eigenvalue weighted by molar-refractivity contribution is -0.114. The van der Waals surface area contributed by atoms with Crippen LogP contribution >= 0.6 is 27.7 Å². The highest BCUT2D eigenvalue weighted by Gasteiger charge is 2.14. The molecule has 1 aromatic heterocycles. The number of nitrogens with one attached hydrogen (secondary N) is 2. The Morgan fingerprint density at radius 3 is 2.54 bits per heavy atom. The van der Waals surface area contributed by atoms with E-state index in [0.717, 1.165) is 20.0 Å². The van der Waals surface area contributed by atoms with Gasteiger partial charge in [0.1, 0.15) is 5.03 Å². The summed E-state index contributed by atoms with van der Waals surface area (Å²) in [6.45, 7) is 3.35. The zero-order chi connectivity index (χ0) is 20.1. The fourth-order valence-electron chi connectivity index (χ4n) is 2.51. The molecule has 0 bridgehead atoms. The van der Waals surface area contributed by atoms with Gasteiger partial charge in [-0.3, -0.25) is 9.59 Å². The Hall–Kier alpha value is -2.64. The second-order valence-corrected chi connectivity index (χ2v) is 8.06. The lowest BCUT2D eigenvalue weighted by Gasteiger charge is -2.13. The predicted molar refractivity (Wildman–Crippen MR) is 116 cm³/mol. The van der Waals surface area contributed by atoms with Gasteiger partial charge in [0, 0.05) is 33.9 Å². The van der Waals surface area contributed by atoms with Crippen LogP contribution in [0.3, 0.4) is 0 Å². The molecule has 2 aromatic carbocycles. The van der Waals surface area contributed by atoms with E-state index in [1.54, 1.807) is 24.4 Å². The normalized spacial score (nSPS) is 10.4. The van der Waals surface area contributed by atoms with Crippen molar-refractivity contribution in [1.29, 1.82) is 0 Å². The topological polar surface area (TPSA) is 71.1 Å². The van der Waals surface area contributed by atoms with Crippen LogP contribution in [0.4, 0.5) is 11.4 Å². The SMILES string of the molecule is CC(=O)Nc1ccc(C)c(NC(=O)c2ccccc2Sc2ccc(Br)cn2)c1. The number of hydrogen-bond donors (Lipinski definition) is 2. The molecule has 7 heteroatoms. The molecule has 0 saturated heterocycles. The molecule has 0 unspecified atom stereocenters. The van der Waals surface area contributed by atoms with Crippen molar-refractivity contribution in [2.75, 3.05) is 10.6 Å². The number of aryl methyl sites for hydroxylation is 1. The Kier molecular flexibility index (Phi) is 6.49. The van der Waals surface area contributed by atoms with E-state index in [-0.39, 0.29) is 11.8 Å². The largest absolute Gasteiger partial charge is 0.326 e. The number of aromatic nitrogens is 1. The maximum absolute atomic E-state index is 12.9. The standard InChI is InChI=1S/C21H18BrN3O2S/c1-13-7-9-16(24-14(2)26)11-18(13)25-21(27)17-5-3-4-6-19(17)28-20-10-8-15(22)12-23-20/h3-12H,1-2H3,(H,24,26)(H,25,27). The van der Waals surface area contributed by atoms with Gasteiger partial charge in [-0.1, -0.05) is 30.0 Å². The smallest absolute Gasteiger partial charge is 0.256 e. The van der Waals surface area contributed by atoms with Crippen LogP contribution in [0.2, 0.25) is 0 Å². The molecule has 3 rings (SSSR count). The molecule has 0 spiro atoms. The number of carbonyl (C=O) groups is 2. The minimum Gasteiger partial charge on any atom is -0.326 e. The van der Waals surface area contributed by atoms with E-state index in [2.05, 4.69) is 31.5 Å². The highest BCUT2D eigenvalue weighted by Crippen LogP contribution is 2.30. The molecule has 0 atom stereocenters. The van der Waals surface area contributed by atoms with E-state index in [1.165, 1.54) is 18.7 Å². The molecule has 0 radical (unpaired) electrons. The lowest BCUT2D eigenvalue weighted by Crippen LogP contribution is -2.14. The first kappa shape index (κ1) is 20.1. The molecule has 0 fully saturated rings. The third-order valence-corrected chi connectivity index (χ3v) is 5.35. The lowest BCUT2D eigenvalue weighted by atomic mass is 10.1. The first-order chi connectivity index (χ1) is 13.4. The second-order valence-electron chi connectivity index (χ2n) is 6.08. The summed E-state index contributed by atoms with van der Waals surface area (Å²) >= 11 is 4.80. The summed E-state index contributed by atoms with van der Waals surface area (Å²) in [5.74, 6) is -0.381. The highest BCUT2D eigenvalue weighted by atomic mass is 79.9. The monoisotopic (exact) mass is 455 g/mol. The minimum atomic E-state index is -0.219. The van der Waals surface area contributed by atoms with Gasteiger partial charge in [0.05, 0.1) is 5.56 Å². The van der Waals surface area contributed by atoms with E-state index in [1.807, 2.05) is 43.3 Å². The van der Waals surface area contributed by atoms with Crippen molar-refractivity contribution in [3.8, 4) is 0 Å². The van der Waals surface area contributed by atoms with Gasteiger partial charge in [-0.25, -0.2) is 4.98 Å². The van der Waals surface area contributed by atoms with Crippen molar-refractivity contribution in [3.63, 3.8) is 0 Å². The molecular weight excluding hydrogens is 438 g/mol. The van der Waals surface area contributed by atoms with Crippen LogP contribution in [-0.2, 0) is 4.79 Å². The summed E-state index contributed by atoms with van der Waals surface area (Å²) in [6, 6.07) is 16.6. The van der Waals surface area contributed by atoms with E-state index in [4.69, 9.17) is 0 Å². The van der Waals surface area contributed by atoms with Crippen molar-refractivity contribution >= 4 is 50.9 Å². The third-order valence-electron chi connectivity index (χ3n) is 3.85. The maximum atomic E-state index is 12.9. The average Bonchev–Trinajstić information content (AvgIpc) is 2.66. The van der Waals surface area contributed by atoms with Crippen LogP contribution in [0.1, 0.15) is 22.8 Å². The molecule has 0 aliphatic carbocycles. The maximum Gasteiger partial charge on any atom is 0.256 e. The van der Waals surface area contributed by atoms with Crippen LogP contribution in [-0.4, -0.2) is 16.8 Å². The average molecular weight is 456 g/mol. The van der Waals surface area contributed by atoms with E-state index in [0.29, 0.717) is 16.9 Å². The highest BCUT2D eigenvalue weighted by molar-refractivity contribution is 9.10. The van der Waals surface area contributed by atoms with Gasteiger partial charge in [-0.15, -0.1) is 0 Å². The van der Waals surface area contributed by atoms with Gasteiger partial charge in [0.15, 0.2) is 0 Å². The van der Waals surface area contributed by atoms with Crippen LogP contribution in [0.15, 0.2) is 75.2 Å². The molecule has 142 valence electrons. The Morgan fingerprint density at radius 1 is 1.04 bits per heavy atom. The van der Waals surface area contributed by atoms with Gasteiger partial charge in [0.25, 0.3) is 5.91 Å². The molecule has 28 heavy (non-hydrogen) atoms. The van der Waals surface area contributed by atoms with Crippen molar-refractivity contribution in [2.45, 2.75) is 23.8 Å². The molecule has 3 aromatic rings. The first-order valence-electron chi connectivity index (χ1n) is 8.50. The summed E-state index contributed by atoms with van der Waals surface area (Å²) in [5.41, 5.74) is 2.75. The number of carbonyl (C=O) groups excluding carboxylic acids is 2. The van der Waals surface area contributed by atoms with Crippen molar-refractivity contribution in [3.05, 3.63) is 76.4 Å². The fourth-order valence-corrected chi connectivity index (χ4v) is 3.62. The molecule has 5 nitrogen and oxygen atoms in total. The van der Waals surface area contributed by atoms with E-state index in [9.17, 15) is 9.59 Å². The van der Waals surface area contributed by atoms with E-state index >= 15 is 0 Å². The zero-order valence-electron chi connectivity index (χ0n) is 15.3. The summed E-state index contributed by atoms with van der Waals surface area (Å²) in [5, 5.41) is 6.47. The molecular formula is C21H18BrN3O2S. The van der Waals surface area contributed by atoms with E-state index < -0.39 is 0 Å². The van der Waals surface area contributed by atoms with Crippen LogP contribution in [0.5, 0.6) is 0 Å². The number of benzene rings is 2. The Morgan fingerprint density at radius 2 is 1.82 bits per heavy atom. The predicted octanol–water partition coefficient (Wildman–Crippen LogP) is 5.51. The van der Waals surface area contributed by atoms with Gasteiger partial charge in [-0.05, 0) is 64.8 Å². The summed E-state index contributed by atoms with van der Waals surface area (Å²) in [7, 11) is 0. The number of amides is 2. The Labute approximate surface area is 176 Å². The van der Waals surface area contributed by atoms with Crippen molar-refractivity contribution in [1.82, 2.24) is 4.98 Å². The number of anilines is 2. The zero-order valence-corrected chi connectivity index (χ0v) is 17.7. The number of hydrogen-bond acceptors (Lipinski definition) is 4. The summed E-state index contributed by atoms with van der Waals surface area (Å²) in [6.07, 6.45) is 1.72. The minimum absolute atomic E-state index is 0.162. The Bertz CT molecular complexity index is 1020. The van der Waals surface area contributed by atoms with Gasteiger partial charge >= 0.3 is 0 Å². The molecule has 0 aliphatic rings. The number of nitrogens with zero attached hydrogens (tertiary/aromatic N) is 1. The van der Waals surface area contributed by atoms with Crippen LogP contribution in [0.25, 0.3) is 0 Å². The van der Waals surface area contributed by atoms with Gasteiger partial charge in [0.2, 0.25) is 5.91 Å². The molecule has 1 heterocycles. The second kappa shape index (κ2) is 9.03. The van der Waals surface area contributed by atoms with Crippen molar-refractivity contribution in [2.24, 2.45) is 0 Å². The van der Waals surface area contributed by atoms with Crippen molar-refractivity contribution < 1.29 is 9.59 Å². The van der Waals surface area contributed by atoms with Gasteiger partial charge in [-0.2, -0.15) is 0 Å². The van der Waals surface area contributed by atoms with Crippen LogP contribution in [0, 0.1) is 6.92 Å². The van der Waals surface area contributed by atoms with Crippen LogP contribution < -0.4 is 10.6 Å². The summed E-state index contributed by atoms with van der Waals surface area (Å²) in [4.78, 5) is 29.4.